The van der Waals surface area contributed by atoms with Gasteiger partial charge in [-0.25, -0.2) is 13.1 Å². The Labute approximate surface area is 140 Å². The monoisotopic (exact) mass is 358 g/mol. The molecule has 6 nitrogen and oxygen atoms in total. The van der Waals surface area contributed by atoms with Gasteiger partial charge >= 0.3 is 0 Å². The summed E-state index contributed by atoms with van der Waals surface area (Å²) in [7, 11) is -3.19. The highest BCUT2D eigenvalue weighted by Crippen LogP contribution is 2.43. The number of thiophene rings is 1. The number of carbonyl (C=O) groups excluding carboxylic acids is 1. The zero-order chi connectivity index (χ0) is 16.5. The van der Waals surface area contributed by atoms with Crippen molar-refractivity contribution in [3.05, 3.63) is 22.4 Å². The number of hydrogen-bond donors (Lipinski definition) is 1. The lowest BCUT2D eigenvalue weighted by molar-refractivity contribution is -0.0156. The molecule has 0 saturated carbocycles. The molecule has 8 heteroatoms. The molecule has 2 atom stereocenters. The molecule has 0 bridgehead atoms. The number of likely N-dealkylation sites (tertiary alicyclic amines) is 1. The minimum Gasteiger partial charge on any atom is -0.377 e. The smallest absolute Gasteiger partial charge is 0.263 e. The fourth-order valence-electron chi connectivity index (χ4n) is 3.62. The quantitative estimate of drug-likeness (QED) is 0.861. The van der Waals surface area contributed by atoms with Crippen molar-refractivity contribution in [2.24, 2.45) is 5.41 Å². The van der Waals surface area contributed by atoms with Gasteiger partial charge in [-0.05, 0) is 30.7 Å². The molecule has 1 aromatic heterocycles. The van der Waals surface area contributed by atoms with Gasteiger partial charge in [-0.2, -0.15) is 0 Å². The number of hydrogen-bond acceptors (Lipinski definition) is 5. The number of nitrogens with zero attached hydrogens (tertiary/aromatic N) is 1. The number of piperidine rings is 1. The van der Waals surface area contributed by atoms with E-state index in [9.17, 15) is 13.2 Å². The minimum absolute atomic E-state index is 0.0702. The molecule has 23 heavy (non-hydrogen) atoms. The van der Waals surface area contributed by atoms with E-state index in [4.69, 9.17) is 4.74 Å². The van der Waals surface area contributed by atoms with Crippen molar-refractivity contribution in [2.75, 3.05) is 32.5 Å². The molecule has 0 spiro atoms. The number of ether oxygens (including phenoxy) is 1. The third kappa shape index (κ3) is 3.76. The number of nitrogens with one attached hydrogen (secondary N) is 1. The Kier molecular flexibility index (Phi) is 4.78. The van der Waals surface area contributed by atoms with Gasteiger partial charge in [0.1, 0.15) is 0 Å². The van der Waals surface area contributed by atoms with E-state index in [1.54, 1.807) is 0 Å². The number of fused-ring (bicyclic) bond motifs is 1. The van der Waals surface area contributed by atoms with Gasteiger partial charge in [0.15, 0.2) is 0 Å². The standard InChI is InChI=1S/C15H22N2O4S2/c1-23(19,20)16-7-5-15-6-9-21-13(15)4-8-17(11-15)14(18)12-3-2-10-22-12/h2-3,10,13,16H,4-9,11H2,1H3/t13-,15+/m1/s1. The fraction of sp³-hybridized carbons (Fsp3) is 0.667. The predicted octanol–water partition coefficient (Wildman–Crippen LogP) is 1.31. The van der Waals surface area contributed by atoms with Crippen LogP contribution in [0.3, 0.4) is 0 Å². The number of amides is 1. The van der Waals surface area contributed by atoms with E-state index in [-0.39, 0.29) is 17.4 Å². The maximum absolute atomic E-state index is 12.6. The summed E-state index contributed by atoms with van der Waals surface area (Å²) in [6.07, 6.45) is 3.67. The van der Waals surface area contributed by atoms with Gasteiger partial charge in [-0.15, -0.1) is 11.3 Å². The van der Waals surface area contributed by atoms with E-state index in [1.807, 2.05) is 22.4 Å². The normalized spacial score (nSPS) is 27.9. The highest BCUT2D eigenvalue weighted by molar-refractivity contribution is 7.88. The van der Waals surface area contributed by atoms with Crippen molar-refractivity contribution in [3.63, 3.8) is 0 Å². The predicted molar refractivity (Wildman–Crippen MR) is 89.1 cm³/mol. The van der Waals surface area contributed by atoms with Crippen LogP contribution >= 0.6 is 11.3 Å². The van der Waals surface area contributed by atoms with Crippen LogP contribution in [0.15, 0.2) is 17.5 Å². The number of rotatable bonds is 5. The summed E-state index contributed by atoms with van der Waals surface area (Å²) in [5.74, 6) is 0.0702. The van der Waals surface area contributed by atoms with E-state index >= 15 is 0 Å². The van der Waals surface area contributed by atoms with Crippen molar-refractivity contribution in [1.82, 2.24) is 9.62 Å². The second kappa shape index (κ2) is 6.51. The van der Waals surface area contributed by atoms with Crippen LogP contribution in [0, 0.1) is 5.41 Å². The molecule has 2 saturated heterocycles. The van der Waals surface area contributed by atoms with Crippen LogP contribution in [0.4, 0.5) is 0 Å². The Morgan fingerprint density at radius 1 is 1.57 bits per heavy atom. The van der Waals surface area contributed by atoms with Gasteiger partial charge < -0.3 is 9.64 Å². The Balaban J connectivity index is 1.70. The molecule has 2 fully saturated rings. The first-order chi connectivity index (χ1) is 10.9. The Morgan fingerprint density at radius 2 is 2.39 bits per heavy atom. The average Bonchev–Trinajstić information content (AvgIpc) is 3.14. The molecule has 128 valence electrons. The molecule has 3 heterocycles. The van der Waals surface area contributed by atoms with Gasteiger partial charge in [0.25, 0.3) is 5.91 Å². The van der Waals surface area contributed by atoms with Crippen LogP contribution in [0.1, 0.15) is 28.9 Å². The molecule has 0 aliphatic carbocycles. The first-order valence-corrected chi connectivity index (χ1v) is 10.6. The van der Waals surface area contributed by atoms with Gasteiger partial charge in [-0.1, -0.05) is 6.07 Å². The summed E-state index contributed by atoms with van der Waals surface area (Å²) in [5, 5.41) is 1.91. The second-order valence-corrected chi connectivity index (χ2v) is 9.16. The SMILES string of the molecule is CS(=O)(=O)NCC[C@@]12CCO[C@@H]1CCN(C(=O)c1cccs1)C2. The van der Waals surface area contributed by atoms with Crippen LogP contribution in [0.25, 0.3) is 0 Å². The molecule has 2 aliphatic heterocycles. The van der Waals surface area contributed by atoms with E-state index in [0.717, 1.165) is 17.7 Å². The average molecular weight is 358 g/mol. The van der Waals surface area contributed by atoms with E-state index in [2.05, 4.69) is 4.72 Å². The maximum atomic E-state index is 12.6. The van der Waals surface area contributed by atoms with Crippen molar-refractivity contribution in [3.8, 4) is 0 Å². The van der Waals surface area contributed by atoms with Crippen molar-refractivity contribution >= 4 is 27.3 Å². The Morgan fingerprint density at radius 3 is 3.09 bits per heavy atom. The summed E-state index contributed by atoms with van der Waals surface area (Å²) in [5.41, 5.74) is -0.136. The van der Waals surface area contributed by atoms with E-state index in [0.29, 0.717) is 32.7 Å². The van der Waals surface area contributed by atoms with Gasteiger partial charge in [0.2, 0.25) is 10.0 Å². The van der Waals surface area contributed by atoms with Crippen LogP contribution < -0.4 is 4.72 Å². The summed E-state index contributed by atoms with van der Waals surface area (Å²) in [6, 6.07) is 3.73. The van der Waals surface area contributed by atoms with Crippen LogP contribution in [-0.2, 0) is 14.8 Å². The lowest BCUT2D eigenvalue weighted by Crippen LogP contribution is -2.52. The molecular formula is C15H22N2O4S2. The van der Waals surface area contributed by atoms with Crippen LogP contribution in [0.2, 0.25) is 0 Å². The summed E-state index contributed by atoms with van der Waals surface area (Å²) >= 11 is 1.46. The third-order valence-corrected chi connectivity index (χ3v) is 6.36. The lowest BCUT2D eigenvalue weighted by Gasteiger charge is -2.43. The summed E-state index contributed by atoms with van der Waals surface area (Å²) in [4.78, 5) is 15.3. The highest BCUT2D eigenvalue weighted by atomic mass is 32.2. The van der Waals surface area contributed by atoms with Crippen molar-refractivity contribution in [2.45, 2.75) is 25.4 Å². The van der Waals surface area contributed by atoms with Gasteiger partial charge in [-0.3, -0.25) is 4.79 Å². The van der Waals surface area contributed by atoms with Crippen molar-refractivity contribution in [1.29, 1.82) is 0 Å². The molecule has 2 aliphatic rings. The largest absolute Gasteiger partial charge is 0.377 e. The first kappa shape index (κ1) is 16.9. The van der Waals surface area contributed by atoms with Gasteiger partial charge in [0, 0.05) is 31.7 Å². The number of carbonyl (C=O) groups is 1. The molecule has 0 aromatic carbocycles. The second-order valence-electron chi connectivity index (χ2n) is 6.38. The van der Waals surface area contributed by atoms with Crippen LogP contribution in [-0.4, -0.2) is 57.8 Å². The number of sulfonamides is 1. The summed E-state index contributed by atoms with van der Waals surface area (Å²) in [6.45, 7) is 2.41. The first-order valence-electron chi connectivity index (χ1n) is 7.79. The van der Waals surface area contributed by atoms with Crippen LogP contribution in [0.5, 0.6) is 0 Å². The van der Waals surface area contributed by atoms with E-state index in [1.165, 1.54) is 17.6 Å². The molecule has 1 aromatic rings. The Bertz CT molecular complexity index is 659. The molecular weight excluding hydrogens is 336 g/mol. The molecule has 0 unspecified atom stereocenters. The Hall–Kier alpha value is -0.960. The topological polar surface area (TPSA) is 75.7 Å². The molecule has 1 amide bonds. The maximum Gasteiger partial charge on any atom is 0.263 e. The zero-order valence-electron chi connectivity index (χ0n) is 13.2. The van der Waals surface area contributed by atoms with E-state index < -0.39 is 10.0 Å². The third-order valence-electron chi connectivity index (χ3n) is 4.78. The molecule has 3 rings (SSSR count). The lowest BCUT2D eigenvalue weighted by atomic mass is 9.74. The zero-order valence-corrected chi connectivity index (χ0v) is 14.8. The van der Waals surface area contributed by atoms with Gasteiger partial charge in [0.05, 0.1) is 17.2 Å². The van der Waals surface area contributed by atoms with Crippen molar-refractivity contribution < 1.29 is 17.9 Å². The summed E-state index contributed by atoms with van der Waals surface area (Å²) < 4.78 is 31.0. The molecule has 1 N–H and O–H groups in total. The minimum atomic E-state index is -3.19. The fourth-order valence-corrected chi connectivity index (χ4v) is 4.79. The highest BCUT2D eigenvalue weighted by Gasteiger charge is 2.48. The molecule has 0 radical (unpaired) electrons.